The molecule has 0 amide bonds. The molecule has 0 bridgehead atoms. The van der Waals surface area contributed by atoms with Crippen LogP contribution in [0.4, 0.5) is 0 Å². The zero-order valence-corrected chi connectivity index (χ0v) is 11.2. The molecule has 0 aromatic rings. The summed E-state index contributed by atoms with van der Waals surface area (Å²) in [4.78, 5) is 0. The van der Waals surface area contributed by atoms with Gasteiger partial charge in [0.25, 0.3) is 0 Å². The number of rotatable bonds is 9. The van der Waals surface area contributed by atoms with Crippen molar-refractivity contribution in [3.8, 4) is 0 Å². The first-order chi connectivity index (χ1) is 7.13. The fraction of sp³-hybridized carbons (Fsp3) is 1.00. The Morgan fingerprint density at radius 2 is 1.80 bits per heavy atom. The van der Waals surface area contributed by atoms with Crippen molar-refractivity contribution in [3.63, 3.8) is 0 Å². The molecule has 15 heavy (non-hydrogen) atoms. The van der Waals surface area contributed by atoms with Gasteiger partial charge in [-0.2, -0.15) is 0 Å². The summed E-state index contributed by atoms with van der Waals surface area (Å²) in [5.74, 6) is 1.45. The second-order valence-corrected chi connectivity index (χ2v) is 4.64. The van der Waals surface area contributed by atoms with E-state index in [-0.39, 0.29) is 0 Å². The molecule has 0 aliphatic heterocycles. The van der Waals surface area contributed by atoms with Gasteiger partial charge in [-0.3, -0.25) is 0 Å². The third kappa shape index (κ3) is 6.91. The lowest BCUT2D eigenvalue weighted by Crippen LogP contribution is -2.37. The van der Waals surface area contributed by atoms with Gasteiger partial charge in [-0.25, -0.2) is 0 Å². The molecular formula is C13H29NO. The number of ether oxygens (including phenoxy) is 1. The van der Waals surface area contributed by atoms with Gasteiger partial charge in [-0.15, -0.1) is 0 Å². The highest BCUT2D eigenvalue weighted by molar-refractivity contribution is 4.74. The molecule has 0 radical (unpaired) electrons. The minimum atomic E-state index is 0.602. The van der Waals surface area contributed by atoms with Crippen LogP contribution in [0.25, 0.3) is 0 Å². The van der Waals surface area contributed by atoms with Crippen molar-refractivity contribution in [1.29, 1.82) is 0 Å². The van der Waals surface area contributed by atoms with Crippen LogP contribution in [0.2, 0.25) is 0 Å². The summed E-state index contributed by atoms with van der Waals surface area (Å²) >= 11 is 0. The van der Waals surface area contributed by atoms with Crippen LogP contribution >= 0.6 is 0 Å². The molecule has 0 fully saturated rings. The Bertz CT molecular complexity index is 136. The van der Waals surface area contributed by atoms with Crippen molar-refractivity contribution in [1.82, 2.24) is 5.32 Å². The average molecular weight is 215 g/mol. The molecule has 2 atom stereocenters. The number of hydrogen-bond acceptors (Lipinski definition) is 2. The molecule has 2 heteroatoms. The van der Waals surface area contributed by atoms with Crippen LogP contribution < -0.4 is 5.32 Å². The van der Waals surface area contributed by atoms with Crippen LogP contribution in [0, 0.1) is 11.8 Å². The van der Waals surface area contributed by atoms with Crippen LogP contribution in [0.15, 0.2) is 0 Å². The second-order valence-electron chi connectivity index (χ2n) is 4.64. The van der Waals surface area contributed by atoms with Crippen LogP contribution in [0.1, 0.15) is 47.5 Å². The molecular weight excluding hydrogens is 186 g/mol. The molecule has 0 aliphatic rings. The number of nitrogens with one attached hydrogen (secondary N) is 1. The Hall–Kier alpha value is -0.0800. The van der Waals surface area contributed by atoms with Crippen LogP contribution in [0.3, 0.4) is 0 Å². The monoisotopic (exact) mass is 215 g/mol. The minimum Gasteiger partial charge on any atom is -0.382 e. The van der Waals surface area contributed by atoms with E-state index in [0.29, 0.717) is 6.04 Å². The second kappa shape index (κ2) is 9.17. The van der Waals surface area contributed by atoms with E-state index >= 15 is 0 Å². The summed E-state index contributed by atoms with van der Waals surface area (Å²) in [5.41, 5.74) is 0. The molecule has 0 saturated carbocycles. The summed E-state index contributed by atoms with van der Waals surface area (Å²) in [6.07, 6.45) is 2.38. The summed E-state index contributed by atoms with van der Waals surface area (Å²) in [6.45, 7) is 14.0. The first kappa shape index (κ1) is 14.9. The maximum atomic E-state index is 5.44. The molecule has 0 spiro atoms. The molecule has 1 N–H and O–H groups in total. The predicted molar refractivity (Wildman–Crippen MR) is 67.2 cm³/mol. The molecule has 0 heterocycles. The molecule has 2 nitrogen and oxygen atoms in total. The lowest BCUT2D eigenvalue weighted by atomic mass is 9.86. The van der Waals surface area contributed by atoms with Crippen molar-refractivity contribution in [2.75, 3.05) is 19.8 Å². The van der Waals surface area contributed by atoms with Crippen LogP contribution in [-0.4, -0.2) is 25.8 Å². The van der Waals surface area contributed by atoms with Gasteiger partial charge in [-0.05, 0) is 45.1 Å². The van der Waals surface area contributed by atoms with Gasteiger partial charge >= 0.3 is 0 Å². The zero-order valence-electron chi connectivity index (χ0n) is 11.2. The summed E-state index contributed by atoms with van der Waals surface area (Å²) in [5, 5.41) is 3.59. The lowest BCUT2D eigenvalue weighted by molar-refractivity contribution is 0.115. The van der Waals surface area contributed by atoms with Gasteiger partial charge in [0.2, 0.25) is 0 Å². The van der Waals surface area contributed by atoms with E-state index in [1.54, 1.807) is 0 Å². The first-order valence-electron chi connectivity index (χ1n) is 6.44. The third-order valence-electron chi connectivity index (χ3n) is 3.01. The lowest BCUT2D eigenvalue weighted by Gasteiger charge is -2.28. The summed E-state index contributed by atoms with van der Waals surface area (Å²) in [6, 6.07) is 0.602. The zero-order chi connectivity index (χ0) is 11.7. The summed E-state index contributed by atoms with van der Waals surface area (Å²) < 4.78 is 5.44. The maximum absolute atomic E-state index is 5.44. The molecule has 2 unspecified atom stereocenters. The van der Waals surface area contributed by atoms with Gasteiger partial charge in [0.1, 0.15) is 0 Å². The highest BCUT2D eigenvalue weighted by atomic mass is 16.5. The van der Waals surface area contributed by atoms with Crippen LogP contribution in [0.5, 0.6) is 0 Å². The minimum absolute atomic E-state index is 0.602. The van der Waals surface area contributed by atoms with E-state index < -0.39 is 0 Å². The van der Waals surface area contributed by atoms with Crippen molar-refractivity contribution >= 4 is 0 Å². The molecule has 0 rings (SSSR count). The molecule has 0 aromatic heterocycles. The Balaban J connectivity index is 3.89. The molecule has 0 saturated heterocycles. The van der Waals surface area contributed by atoms with E-state index in [0.717, 1.165) is 31.6 Å². The molecule has 92 valence electrons. The largest absolute Gasteiger partial charge is 0.382 e. The predicted octanol–water partition coefficient (Wildman–Crippen LogP) is 3.07. The Morgan fingerprint density at radius 3 is 2.27 bits per heavy atom. The van der Waals surface area contributed by atoms with E-state index in [1.807, 2.05) is 0 Å². The molecule has 0 aliphatic carbocycles. The highest BCUT2D eigenvalue weighted by Crippen LogP contribution is 2.19. The normalized spacial score (nSPS) is 15.6. The third-order valence-corrected chi connectivity index (χ3v) is 3.01. The van der Waals surface area contributed by atoms with Crippen molar-refractivity contribution in [2.24, 2.45) is 11.8 Å². The van der Waals surface area contributed by atoms with Gasteiger partial charge in [-0.1, -0.05) is 20.8 Å². The maximum Gasteiger partial charge on any atom is 0.0469 e. The molecule has 0 aromatic carbocycles. The fourth-order valence-electron chi connectivity index (χ4n) is 2.05. The Labute approximate surface area is 95.8 Å². The van der Waals surface area contributed by atoms with Crippen molar-refractivity contribution in [3.05, 3.63) is 0 Å². The van der Waals surface area contributed by atoms with E-state index in [4.69, 9.17) is 4.74 Å². The van der Waals surface area contributed by atoms with Crippen molar-refractivity contribution < 1.29 is 4.74 Å². The van der Waals surface area contributed by atoms with Gasteiger partial charge in [0, 0.05) is 19.3 Å². The first-order valence-corrected chi connectivity index (χ1v) is 6.44. The Morgan fingerprint density at radius 1 is 1.13 bits per heavy atom. The Kier molecular flexibility index (Phi) is 9.12. The number of hydrogen-bond donors (Lipinski definition) is 1. The fourth-order valence-corrected chi connectivity index (χ4v) is 2.05. The summed E-state index contributed by atoms with van der Waals surface area (Å²) in [7, 11) is 0. The topological polar surface area (TPSA) is 21.3 Å². The van der Waals surface area contributed by atoms with E-state index in [2.05, 4.69) is 39.9 Å². The average Bonchev–Trinajstić information content (AvgIpc) is 2.20. The standard InChI is InChI=1S/C13H29NO/c1-6-9-14-12(5)13(11(3)4)8-10-15-7-2/h11-14H,6-10H2,1-5H3. The smallest absolute Gasteiger partial charge is 0.0469 e. The van der Waals surface area contributed by atoms with Gasteiger partial charge in [0.05, 0.1) is 0 Å². The van der Waals surface area contributed by atoms with Crippen LogP contribution in [-0.2, 0) is 4.74 Å². The van der Waals surface area contributed by atoms with E-state index in [1.165, 1.54) is 12.8 Å². The SMILES string of the molecule is CCCNC(C)C(CCOCC)C(C)C. The van der Waals surface area contributed by atoms with E-state index in [9.17, 15) is 0 Å². The highest BCUT2D eigenvalue weighted by Gasteiger charge is 2.19. The quantitative estimate of drug-likeness (QED) is 0.597. The van der Waals surface area contributed by atoms with Gasteiger partial charge in [0.15, 0.2) is 0 Å². The van der Waals surface area contributed by atoms with Gasteiger partial charge < -0.3 is 10.1 Å². The van der Waals surface area contributed by atoms with Crippen molar-refractivity contribution in [2.45, 2.75) is 53.5 Å².